The molecule has 1 saturated heterocycles. The van der Waals surface area contributed by atoms with Crippen molar-refractivity contribution >= 4 is 12.6 Å². The van der Waals surface area contributed by atoms with Gasteiger partial charge in [-0.25, -0.2) is 4.39 Å². The third-order valence-corrected chi connectivity index (χ3v) is 5.43. The van der Waals surface area contributed by atoms with Gasteiger partial charge in [0.2, 0.25) is 0 Å². The van der Waals surface area contributed by atoms with E-state index in [-0.39, 0.29) is 5.82 Å². The number of nitrogens with zero attached hydrogens (tertiary/aromatic N) is 1. The van der Waals surface area contributed by atoms with Crippen molar-refractivity contribution < 1.29 is 13.7 Å². The van der Waals surface area contributed by atoms with E-state index in [0.717, 1.165) is 18.5 Å². The van der Waals surface area contributed by atoms with Crippen molar-refractivity contribution in [3.05, 3.63) is 23.8 Å². The summed E-state index contributed by atoms with van der Waals surface area (Å²) in [6.07, 6.45) is 7.54. The number of pyridine rings is 1. The molecule has 0 unspecified atom stereocenters. The highest BCUT2D eigenvalue weighted by atomic mass is 19.1. The van der Waals surface area contributed by atoms with E-state index in [0.29, 0.717) is 11.4 Å². The summed E-state index contributed by atoms with van der Waals surface area (Å²) >= 11 is 0. The standard InChI is InChI=1S/C17H25BFNO2/c1-16(2)17(3,4)22-18(21-16)13-11-20-15(10-14(13)19)12-8-6-5-7-9-12/h10-12H,5-9H2,1-4H3. The van der Waals surface area contributed by atoms with Crippen molar-refractivity contribution in [3.8, 4) is 0 Å². The van der Waals surface area contributed by atoms with Gasteiger partial charge in [-0.15, -0.1) is 0 Å². The van der Waals surface area contributed by atoms with E-state index in [9.17, 15) is 4.39 Å². The highest BCUT2D eigenvalue weighted by Gasteiger charge is 2.52. The van der Waals surface area contributed by atoms with Gasteiger partial charge in [0.15, 0.2) is 0 Å². The maximum absolute atomic E-state index is 14.6. The molecule has 1 aliphatic carbocycles. The van der Waals surface area contributed by atoms with Crippen LogP contribution in [0.2, 0.25) is 0 Å². The Balaban J connectivity index is 1.81. The number of aromatic nitrogens is 1. The van der Waals surface area contributed by atoms with E-state index in [1.54, 1.807) is 12.3 Å². The lowest BCUT2D eigenvalue weighted by molar-refractivity contribution is 0.00578. The van der Waals surface area contributed by atoms with Crippen LogP contribution in [0.15, 0.2) is 12.3 Å². The maximum atomic E-state index is 14.6. The summed E-state index contributed by atoms with van der Waals surface area (Å²) in [5, 5.41) is 0. The second-order valence-electron chi connectivity index (χ2n) is 7.55. The van der Waals surface area contributed by atoms with Crippen molar-refractivity contribution in [2.24, 2.45) is 0 Å². The molecule has 0 spiro atoms. The molecule has 0 bridgehead atoms. The van der Waals surface area contributed by atoms with Crippen LogP contribution >= 0.6 is 0 Å². The Morgan fingerprint density at radius 1 is 1.09 bits per heavy atom. The largest absolute Gasteiger partial charge is 0.499 e. The first-order valence-electron chi connectivity index (χ1n) is 8.31. The Morgan fingerprint density at radius 3 is 2.23 bits per heavy atom. The zero-order chi connectivity index (χ0) is 16.0. The lowest BCUT2D eigenvalue weighted by Gasteiger charge is -2.32. The molecule has 1 aromatic rings. The zero-order valence-corrected chi connectivity index (χ0v) is 14.0. The number of hydrogen-bond donors (Lipinski definition) is 0. The van der Waals surface area contributed by atoms with Gasteiger partial charge in [0, 0.05) is 23.3 Å². The number of rotatable bonds is 2. The first kappa shape index (κ1) is 15.9. The molecular formula is C17H25BFNO2. The topological polar surface area (TPSA) is 31.4 Å². The Hall–Kier alpha value is -0.935. The van der Waals surface area contributed by atoms with Crippen LogP contribution in [0.4, 0.5) is 4.39 Å². The van der Waals surface area contributed by atoms with E-state index in [4.69, 9.17) is 9.31 Å². The third kappa shape index (κ3) is 2.81. The molecular weight excluding hydrogens is 280 g/mol. The van der Waals surface area contributed by atoms with Crippen LogP contribution < -0.4 is 5.46 Å². The molecule has 0 aromatic carbocycles. The minimum atomic E-state index is -0.682. The molecule has 2 heterocycles. The molecule has 3 nitrogen and oxygen atoms in total. The van der Waals surface area contributed by atoms with Gasteiger partial charge in [-0.1, -0.05) is 19.3 Å². The van der Waals surface area contributed by atoms with Crippen LogP contribution in [0.5, 0.6) is 0 Å². The van der Waals surface area contributed by atoms with Gasteiger partial charge in [0.05, 0.1) is 11.2 Å². The molecule has 1 saturated carbocycles. The molecule has 1 aromatic heterocycles. The molecule has 3 rings (SSSR count). The van der Waals surface area contributed by atoms with Crippen molar-refractivity contribution in [1.82, 2.24) is 4.98 Å². The summed E-state index contributed by atoms with van der Waals surface area (Å²) in [4.78, 5) is 4.50. The molecule has 5 heteroatoms. The molecule has 120 valence electrons. The fraction of sp³-hybridized carbons (Fsp3) is 0.706. The Bertz CT molecular complexity index is 540. The zero-order valence-electron chi connectivity index (χ0n) is 14.0. The second kappa shape index (κ2) is 5.61. The average Bonchev–Trinajstić information content (AvgIpc) is 2.68. The molecule has 0 N–H and O–H groups in total. The van der Waals surface area contributed by atoms with Crippen LogP contribution in [0.3, 0.4) is 0 Å². The Morgan fingerprint density at radius 2 is 1.68 bits per heavy atom. The van der Waals surface area contributed by atoms with E-state index >= 15 is 0 Å². The van der Waals surface area contributed by atoms with Crippen molar-refractivity contribution in [2.45, 2.75) is 76.9 Å². The van der Waals surface area contributed by atoms with Gasteiger partial charge in [-0.2, -0.15) is 0 Å². The second-order valence-corrected chi connectivity index (χ2v) is 7.55. The third-order valence-electron chi connectivity index (χ3n) is 5.43. The monoisotopic (exact) mass is 305 g/mol. The fourth-order valence-corrected chi connectivity index (χ4v) is 3.22. The van der Waals surface area contributed by atoms with E-state index in [1.165, 1.54) is 19.3 Å². The van der Waals surface area contributed by atoms with Gasteiger partial charge in [0.1, 0.15) is 5.82 Å². The maximum Gasteiger partial charge on any atom is 0.499 e. The first-order valence-corrected chi connectivity index (χ1v) is 8.31. The highest BCUT2D eigenvalue weighted by molar-refractivity contribution is 6.62. The summed E-state index contributed by atoms with van der Waals surface area (Å²) in [7, 11) is -0.682. The normalized spacial score (nSPS) is 24.7. The smallest absolute Gasteiger partial charge is 0.399 e. The number of halogens is 1. The molecule has 22 heavy (non-hydrogen) atoms. The fourth-order valence-electron chi connectivity index (χ4n) is 3.22. The summed E-state index contributed by atoms with van der Waals surface area (Å²) in [5.41, 5.74) is 0.342. The predicted octanol–water partition coefficient (Wildman–Crippen LogP) is 3.57. The van der Waals surface area contributed by atoms with Crippen molar-refractivity contribution in [3.63, 3.8) is 0 Å². The Kier molecular flexibility index (Phi) is 4.06. The average molecular weight is 305 g/mol. The lowest BCUT2D eigenvalue weighted by atomic mass is 9.79. The molecule has 1 aliphatic heterocycles. The summed E-state index contributed by atoms with van der Waals surface area (Å²) in [6.45, 7) is 7.87. The van der Waals surface area contributed by atoms with Gasteiger partial charge >= 0.3 is 7.12 Å². The van der Waals surface area contributed by atoms with Crippen molar-refractivity contribution in [1.29, 1.82) is 0 Å². The molecule has 2 fully saturated rings. The minimum absolute atomic E-state index is 0.269. The van der Waals surface area contributed by atoms with Gasteiger partial charge < -0.3 is 9.31 Å². The van der Waals surface area contributed by atoms with Gasteiger partial charge in [-0.3, -0.25) is 4.98 Å². The van der Waals surface area contributed by atoms with Crippen LogP contribution in [-0.2, 0) is 9.31 Å². The quantitative estimate of drug-likeness (QED) is 0.783. The van der Waals surface area contributed by atoms with Crippen LogP contribution in [0, 0.1) is 5.82 Å². The van der Waals surface area contributed by atoms with E-state index in [2.05, 4.69) is 4.98 Å². The first-order chi connectivity index (χ1) is 10.3. The molecule has 0 amide bonds. The lowest BCUT2D eigenvalue weighted by Crippen LogP contribution is -2.41. The molecule has 0 radical (unpaired) electrons. The molecule has 2 aliphatic rings. The van der Waals surface area contributed by atoms with E-state index in [1.807, 2.05) is 27.7 Å². The highest BCUT2D eigenvalue weighted by Crippen LogP contribution is 2.37. The molecule has 0 atom stereocenters. The summed E-state index contributed by atoms with van der Waals surface area (Å²) < 4.78 is 26.4. The summed E-state index contributed by atoms with van der Waals surface area (Å²) in [6, 6.07) is 1.58. The SMILES string of the molecule is CC1(C)OB(c2cnc(C3CCCCC3)cc2F)OC1(C)C. The van der Waals surface area contributed by atoms with Gasteiger partial charge in [0.25, 0.3) is 0 Å². The predicted molar refractivity (Wildman–Crippen MR) is 85.7 cm³/mol. The minimum Gasteiger partial charge on any atom is -0.399 e. The summed E-state index contributed by atoms with van der Waals surface area (Å²) in [5.74, 6) is 0.129. The van der Waals surface area contributed by atoms with Crippen LogP contribution in [0.1, 0.15) is 71.4 Å². The van der Waals surface area contributed by atoms with E-state index < -0.39 is 18.3 Å². The van der Waals surface area contributed by atoms with Crippen LogP contribution in [-0.4, -0.2) is 23.3 Å². The number of hydrogen-bond acceptors (Lipinski definition) is 3. The Labute approximate surface area is 132 Å². The van der Waals surface area contributed by atoms with Gasteiger partial charge in [-0.05, 0) is 46.6 Å². The van der Waals surface area contributed by atoms with Crippen molar-refractivity contribution in [2.75, 3.05) is 0 Å². The van der Waals surface area contributed by atoms with Crippen LogP contribution in [0.25, 0.3) is 0 Å².